The van der Waals surface area contributed by atoms with Gasteiger partial charge < -0.3 is 20.1 Å². The molecule has 0 radical (unpaired) electrons. The van der Waals surface area contributed by atoms with Crippen LogP contribution in [0.3, 0.4) is 0 Å². The van der Waals surface area contributed by atoms with Crippen molar-refractivity contribution in [2.75, 3.05) is 51.3 Å². The zero-order valence-corrected chi connectivity index (χ0v) is 17.6. The number of aromatic hydroxyl groups is 1. The van der Waals surface area contributed by atoms with Crippen molar-refractivity contribution in [2.24, 2.45) is 0 Å². The number of phenolic OH excluding ortho intramolecular Hbond substituents is 1. The van der Waals surface area contributed by atoms with Gasteiger partial charge in [-0.15, -0.1) is 0 Å². The number of ether oxygens (including phenoxy) is 1. The van der Waals surface area contributed by atoms with E-state index in [0.717, 1.165) is 57.7 Å². The van der Waals surface area contributed by atoms with Gasteiger partial charge in [0.15, 0.2) is 0 Å². The van der Waals surface area contributed by atoms with Crippen molar-refractivity contribution in [2.45, 2.75) is 25.4 Å². The van der Waals surface area contributed by atoms with Crippen LogP contribution in [-0.4, -0.2) is 62.3 Å². The average Bonchev–Trinajstić information content (AvgIpc) is 2.78. The zero-order valence-electron chi connectivity index (χ0n) is 17.6. The van der Waals surface area contributed by atoms with E-state index < -0.39 is 0 Å². The minimum Gasteiger partial charge on any atom is -0.508 e. The number of nitrogens with zero attached hydrogens (tertiary/aromatic N) is 2. The number of hydrogen-bond acceptors (Lipinski definition) is 5. The maximum atomic E-state index is 11.7. The van der Waals surface area contributed by atoms with Gasteiger partial charge in [-0.25, -0.2) is 0 Å². The number of hydrogen-bond donors (Lipinski definition) is 2. The lowest BCUT2D eigenvalue weighted by Crippen LogP contribution is -2.46. The molecule has 1 amide bonds. The Balaban J connectivity index is 1.30. The van der Waals surface area contributed by atoms with Crippen LogP contribution < -0.4 is 10.2 Å². The maximum Gasteiger partial charge on any atom is 0.224 e. The number of rotatable bonds is 6. The fraction of sp³-hybridized carbons (Fsp3) is 0.458. The van der Waals surface area contributed by atoms with Gasteiger partial charge in [0.05, 0.1) is 19.1 Å². The van der Waals surface area contributed by atoms with Crippen LogP contribution >= 0.6 is 0 Å². The Morgan fingerprint density at radius 2 is 1.90 bits per heavy atom. The summed E-state index contributed by atoms with van der Waals surface area (Å²) in [4.78, 5) is 16.5. The van der Waals surface area contributed by atoms with E-state index in [1.807, 2.05) is 12.1 Å². The Bertz CT molecular complexity index is 860. The molecule has 1 fully saturated rings. The lowest BCUT2D eigenvalue weighted by atomic mass is 9.93. The molecule has 160 valence electrons. The van der Waals surface area contributed by atoms with E-state index in [0.29, 0.717) is 12.2 Å². The predicted molar refractivity (Wildman–Crippen MR) is 118 cm³/mol. The molecule has 1 atom stereocenters. The maximum absolute atomic E-state index is 11.7. The summed E-state index contributed by atoms with van der Waals surface area (Å²) in [5, 5.41) is 12.2. The first-order chi connectivity index (χ1) is 14.6. The standard InChI is InChI=1S/C24H31N3O3/c1-25-24(29)17-18-2-7-22-19(16-18)9-15-30-23(22)8-10-26-11-13-27(14-12-26)20-3-5-21(28)6-4-20/h2-7,16,23,28H,8-15,17H2,1H3,(H,25,29)/t23-/m0/s1. The zero-order chi connectivity index (χ0) is 20.9. The van der Waals surface area contributed by atoms with E-state index in [9.17, 15) is 9.90 Å². The number of carbonyl (C=O) groups excluding carboxylic acids is 1. The molecule has 2 aromatic carbocycles. The van der Waals surface area contributed by atoms with Crippen LogP contribution in [0.5, 0.6) is 5.75 Å². The van der Waals surface area contributed by atoms with Gasteiger partial charge in [-0.05, 0) is 53.8 Å². The molecule has 30 heavy (non-hydrogen) atoms. The Morgan fingerprint density at radius 3 is 2.63 bits per heavy atom. The normalized spacial score (nSPS) is 19.4. The molecule has 2 N–H and O–H groups in total. The summed E-state index contributed by atoms with van der Waals surface area (Å²) in [6, 6.07) is 13.9. The van der Waals surface area contributed by atoms with Crippen LogP contribution in [0.2, 0.25) is 0 Å². The fourth-order valence-electron chi connectivity index (χ4n) is 4.41. The monoisotopic (exact) mass is 409 g/mol. The summed E-state index contributed by atoms with van der Waals surface area (Å²) in [5.41, 5.74) is 4.85. The van der Waals surface area contributed by atoms with Crippen molar-refractivity contribution in [1.29, 1.82) is 0 Å². The second kappa shape index (κ2) is 9.49. The number of piperazine rings is 1. The highest BCUT2D eigenvalue weighted by atomic mass is 16.5. The number of likely N-dealkylation sites (N-methyl/N-ethyl adjacent to an activating group) is 1. The van der Waals surface area contributed by atoms with Crippen LogP contribution in [-0.2, 0) is 22.4 Å². The molecule has 0 spiro atoms. The summed E-state index contributed by atoms with van der Waals surface area (Å²) in [7, 11) is 1.68. The number of anilines is 1. The third kappa shape index (κ3) is 4.94. The van der Waals surface area contributed by atoms with E-state index in [4.69, 9.17) is 4.74 Å². The van der Waals surface area contributed by atoms with E-state index in [-0.39, 0.29) is 12.0 Å². The number of phenols is 1. The van der Waals surface area contributed by atoms with Crippen LogP contribution in [0.25, 0.3) is 0 Å². The van der Waals surface area contributed by atoms with Gasteiger partial charge in [0.1, 0.15) is 5.75 Å². The van der Waals surface area contributed by atoms with Crippen LogP contribution in [0.1, 0.15) is 29.2 Å². The molecule has 4 rings (SSSR count). The SMILES string of the molecule is CNC(=O)Cc1ccc2c(c1)CCO[C@H]2CCN1CCN(c2ccc(O)cc2)CC1. The van der Waals surface area contributed by atoms with Crippen molar-refractivity contribution in [3.8, 4) is 5.75 Å². The predicted octanol–water partition coefficient (Wildman–Crippen LogP) is 2.51. The van der Waals surface area contributed by atoms with Gasteiger partial charge in [-0.2, -0.15) is 0 Å². The molecule has 0 aromatic heterocycles. The smallest absolute Gasteiger partial charge is 0.224 e. The van der Waals surface area contributed by atoms with E-state index in [1.165, 1.54) is 16.8 Å². The van der Waals surface area contributed by atoms with Gasteiger partial charge in [-0.1, -0.05) is 18.2 Å². The molecule has 0 saturated carbocycles. The third-order valence-electron chi connectivity index (χ3n) is 6.18. The van der Waals surface area contributed by atoms with Crippen LogP contribution in [0.15, 0.2) is 42.5 Å². The minimum absolute atomic E-state index is 0.0463. The first-order valence-electron chi connectivity index (χ1n) is 10.8. The second-order valence-corrected chi connectivity index (χ2v) is 8.13. The van der Waals surface area contributed by atoms with Gasteiger partial charge in [0.2, 0.25) is 5.91 Å². The molecular formula is C24H31N3O3. The Labute approximate surface area is 178 Å². The van der Waals surface area contributed by atoms with Crippen molar-refractivity contribution in [3.05, 3.63) is 59.2 Å². The number of nitrogens with one attached hydrogen (secondary N) is 1. The molecule has 0 aliphatic carbocycles. The number of amides is 1. The summed E-state index contributed by atoms with van der Waals surface area (Å²) in [5.74, 6) is 0.357. The fourth-order valence-corrected chi connectivity index (χ4v) is 4.41. The number of benzene rings is 2. The van der Waals surface area contributed by atoms with Gasteiger partial charge in [0.25, 0.3) is 0 Å². The number of fused-ring (bicyclic) bond motifs is 1. The summed E-state index contributed by atoms with van der Waals surface area (Å²) in [6.07, 6.45) is 2.47. The first-order valence-corrected chi connectivity index (χ1v) is 10.8. The van der Waals surface area contributed by atoms with Crippen molar-refractivity contribution in [3.63, 3.8) is 0 Å². The van der Waals surface area contributed by atoms with Crippen molar-refractivity contribution in [1.82, 2.24) is 10.2 Å². The molecular weight excluding hydrogens is 378 g/mol. The van der Waals surface area contributed by atoms with Gasteiger partial charge in [0, 0.05) is 45.5 Å². The summed E-state index contributed by atoms with van der Waals surface area (Å²) < 4.78 is 6.10. The first kappa shape index (κ1) is 20.7. The minimum atomic E-state index is 0.0463. The lowest BCUT2D eigenvalue weighted by Gasteiger charge is -2.37. The van der Waals surface area contributed by atoms with Gasteiger partial charge >= 0.3 is 0 Å². The molecule has 0 bridgehead atoms. The van der Waals surface area contributed by atoms with E-state index >= 15 is 0 Å². The molecule has 2 aromatic rings. The average molecular weight is 410 g/mol. The Morgan fingerprint density at radius 1 is 1.13 bits per heavy atom. The highest BCUT2D eigenvalue weighted by Crippen LogP contribution is 2.31. The second-order valence-electron chi connectivity index (χ2n) is 8.13. The Kier molecular flexibility index (Phi) is 6.55. The molecule has 2 aliphatic rings. The number of carbonyl (C=O) groups is 1. The van der Waals surface area contributed by atoms with Crippen molar-refractivity contribution < 1.29 is 14.6 Å². The molecule has 6 nitrogen and oxygen atoms in total. The summed E-state index contributed by atoms with van der Waals surface area (Å²) in [6.45, 7) is 5.83. The quantitative estimate of drug-likeness (QED) is 0.768. The summed E-state index contributed by atoms with van der Waals surface area (Å²) >= 11 is 0. The van der Waals surface area contributed by atoms with E-state index in [1.54, 1.807) is 19.2 Å². The largest absolute Gasteiger partial charge is 0.508 e. The van der Waals surface area contributed by atoms with Crippen LogP contribution in [0.4, 0.5) is 5.69 Å². The van der Waals surface area contributed by atoms with Crippen LogP contribution in [0, 0.1) is 0 Å². The topological polar surface area (TPSA) is 65.0 Å². The van der Waals surface area contributed by atoms with Gasteiger partial charge in [-0.3, -0.25) is 9.69 Å². The third-order valence-corrected chi connectivity index (χ3v) is 6.18. The van der Waals surface area contributed by atoms with Crippen molar-refractivity contribution >= 4 is 11.6 Å². The highest BCUT2D eigenvalue weighted by molar-refractivity contribution is 5.78. The molecule has 2 aliphatic heterocycles. The lowest BCUT2D eigenvalue weighted by molar-refractivity contribution is -0.119. The molecule has 6 heteroatoms. The molecule has 0 unspecified atom stereocenters. The Hall–Kier alpha value is -2.57. The highest BCUT2D eigenvalue weighted by Gasteiger charge is 2.23. The van der Waals surface area contributed by atoms with E-state index in [2.05, 4.69) is 33.3 Å². The molecule has 2 heterocycles. The molecule has 1 saturated heterocycles.